The molecule has 0 amide bonds. The Morgan fingerprint density at radius 3 is 2.60 bits per heavy atom. The van der Waals surface area contributed by atoms with Crippen LogP contribution in [0.3, 0.4) is 0 Å². The molecule has 1 aliphatic rings. The fourth-order valence-electron chi connectivity index (χ4n) is 1.95. The van der Waals surface area contributed by atoms with E-state index in [1.807, 2.05) is 0 Å². The maximum absolute atomic E-state index is 4.12. The van der Waals surface area contributed by atoms with Crippen LogP contribution < -0.4 is 4.57 Å². The highest BCUT2D eigenvalue weighted by atomic mass is 32.1. The molecule has 0 N–H and O–H groups in total. The molecular formula is C13H15NS. The van der Waals surface area contributed by atoms with Crippen LogP contribution >= 0.6 is 11.3 Å². The first-order valence-electron chi connectivity index (χ1n) is 4.97. The molecule has 0 bridgehead atoms. The lowest BCUT2D eigenvalue weighted by Crippen LogP contribution is -2.42. The predicted molar refractivity (Wildman–Crippen MR) is 64.5 cm³/mol. The van der Waals surface area contributed by atoms with Gasteiger partial charge in [-0.25, -0.2) is 0 Å². The van der Waals surface area contributed by atoms with E-state index in [0.717, 1.165) is 5.57 Å². The predicted octanol–water partition coefficient (Wildman–Crippen LogP) is 3.19. The van der Waals surface area contributed by atoms with Crippen LogP contribution in [0.5, 0.6) is 0 Å². The lowest BCUT2D eigenvalue weighted by atomic mass is 9.92. The van der Waals surface area contributed by atoms with E-state index < -0.39 is 0 Å². The standard InChI is InChI=1S/C13H15NS/c1-9-5-10(2)13(11(3)6-9)14-8-15-7-12(14)4/h5-8H,2H2,1,3-4H3. The fourth-order valence-corrected chi connectivity index (χ4v) is 2.72. The van der Waals surface area contributed by atoms with Gasteiger partial charge in [-0.15, -0.1) is 24.3 Å². The van der Waals surface area contributed by atoms with Crippen molar-refractivity contribution in [2.45, 2.75) is 20.8 Å². The van der Waals surface area contributed by atoms with Gasteiger partial charge in [-0.05, 0) is 25.0 Å². The maximum atomic E-state index is 4.12. The number of thiazole rings is 1. The molecule has 78 valence electrons. The molecule has 2 heteroatoms. The lowest BCUT2D eigenvalue weighted by molar-refractivity contribution is -0.648. The van der Waals surface area contributed by atoms with E-state index in [1.54, 1.807) is 11.3 Å². The summed E-state index contributed by atoms with van der Waals surface area (Å²) in [6, 6.07) is 1.22. The number of nitrogens with zero attached hydrogens (tertiary/aromatic N) is 1. The van der Waals surface area contributed by atoms with Gasteiger partial charge in [0.15, 0.2) is 0 Å². The van der Waals surface area contributed by atoms with Gasteiger partial charge in [0, 0.05) is 0 Å². The van der Waals surface area contributed by atoms with Gasteiger partial charge in [-0.2, -0.15) is 0 Å². The summed E-state index contributed by atoms with van der Waals surface area (Å²) in [7, 11) is 0. The highest BCUT2D eigenvalue weighted by molar-refractivity contribution is 7.07. The van der Waals surface area contributed by atoms with Crippen molar-refractivity contribution >= 4 is 11.3 Å². The van der Waals surface area contributed by atoms with Crippen molar-refractivity contribution in [1.29, 1.82) is 0 Å². The molecule has 0 aromatic carbocycles. The first kappa shape index (κ1) is 10.2. The van der Waals surface area contributed by atoms with Crippen LogP contribution in [0.1, 0.15) is 19.5 Å². The van der Waals surface area contributed by atoms with Crippen LogP contribution in [0.2, 0.25) is 0 Å². The summed E-state index contributed by atoms with van der Waals surface area (Å²) in [5.74, 6) is 0. The van der Waals surface area contributed by atoms with Crippen molar-refractivity contribution in [1.82, 2.24) is 0 Å². The molecule has 0 spiro atoms. The molecule has 1 aliphatic carbocycles. The molecule has 1 nitrogen and oxygen atoms in total. The molecule has 15 heavy (non-hydrogen) atoms. The number of allylic oxidation sites excluding steroid dienone is 5. The van der Waals surface area contributed by atoms with Crippen LogP contribution in [-0.4, -0.2) is 0 Å². The second-order valence-electron chi connectivity index (χ2n) is 3.96. The van der Waals surface area contributed by atoms with Crippen LogP contribution in [0.15, 0.2) is 46.3 Å². The second kappa shape index (κ2) is 3.70. The summed E-state index contributed by atoms with van der Waals surface area (Å²) in [5.41, 5.74) is 7.04. The second-order valence-corrected chi connectivity index (χ2v) is 4.68. The molecule has 1 aromatic heterocycles. The maximum Gasteiger partial charge on any atom is 0.273 e. The molecule has 0 radical (unpaired) electrons. The lowest BCUT2D eigenvalue weighted by Gasteiger charge is -2.23. The minimum absolute atomic E-state index is 1.10. The third kappa shape index (κ3) is 1.77. The molecule has 0 saturated carbocycles. The third-order valence-electron chi connectivity index (χ3n) is 2.55. The largest absolute Gasteiger partial charge is 0.273 e. The number of aryl methyl sites for hydroxylation is 1. The zero-order valence-electron chi connectivity index (χ0n) is 9.37. The normalized spacial score (nSPS) is 16.5. The Balaban J connectivity index is 2.45. The van der Waals surface area contributed by atoms with Gasteiger partial charge >= 0.3 is 0 Å². The molecule has 0 unspecified atom stereocenters. The topological polar surface area (TPSA) is 3.88 Å². The van der Waals surface area contributed by atoms with Crippen molar-refractivity contribution in [2.24, 2.45) is 0 Å². The fraction of sp³-hybridized carbons (Fsp3) is 0.231. The summed E-state index contributed by atoms with van der Waals surface area (Å²) in [5, 5.41) is 2.15. The van der Waals surface area contributed by atoms with Crippen LogP contribution in [0.4, 0.5) is 0 Å². The Hall–Kier alpha value is -1.28. The van der Waals surface area contributed by atoms with Gasteiger partial charge < -0.3 is 0 Å². The molecule has 2 rings (SSSR count). The van der Waals surface area contributed by atoms with E-state index >= 15 is 0 Å². The Morgan fingerprint density at radius 2 is 2.07 bits per heavy atom. The van der Waals surface area contributed by atoms with E-state index in [-0.39, 0.29) is 0 Å². The van der Waals surface area contributed by atoms with Crippen molar-refractivity contribution in [3.05, 3.63) is 58.1 Å². The number of aromatic nitrogens is 1. The molecular weight excluding hydrogens is 202 g/mol. The quantitative estimate of drug-likeness (QED) is 0.386. The first-order chi connectivity index (χ1) is 7.09. The van der Waals surface area contributed by atoms with Gasteiger partial charge in [0.25, 0.3) is 5.51 Å². The zero-order valence-corrected chi connectivity index (χ0v) is 10.2. The summed E-state index contributed by atoms with van der Waals surface area (Å²) < 4.78 is 2.21. The SMILES string of the molecule is C=C1C=C(C)C=C(C)[C-]1[n+]1c[s+][cH-]c1C. The monoisotopic (exact) mass is 217 g/mol. The Kier molecular flexibility index (Phi) is 2.53. The summed E-state index contributed by atoms with van der Waals surface area (Å²) in [6.07, 6.45) is 4.33. The van der Waals surface area contributed by atoms with E-state index in [9.17, 15) is 0 Å². The zero-order chi connectivity index (χ0) is 11.0. The van der Waals surface area contributed by atoms with Gasteiger partial charge in [0.1, 0.15) is 11.7 Å². The number of hydrogen-bond acceptors (Lipinski definition) is 0. The van der Waals surface area contributed by atoms with E-state index in [1.165, 1.54) is 22.9 Å². The average Bonchev–Trinajstić information content (AvgIpc) is 2.50. The van der Waals surface area contributed by atoms with Crippen molar-refractivity contribution in [3.8, 4) is 0 Å². The summed E-state index contributed by atoms with van der Waals surface area (Å²) in [4.78, 5) is 0. The van der Waals surface area contributed by atoms with Crippen molar-refractivity contribution < 1.29 is 4.57 Å². The molecule has 0 aliphatic heterocycles. The Bertz CT molecular complexity index is 463. The van der Waals surface area contributed by atoms with Gasteiger partial charge in [-0.1, -0.05) is 6.92 Å². The van der Waals surface area contributed by atoms with E-state index in [4.69, 9.17) is 0 Å². The highest BCUT2D eigenvalue weighted by Gasteiger charge is 2.22. The van der Waals surface area contributed by atoms with Crippen LogP contribution in [0.25, 0.3) is 0 Å². The van der Waals surface area contributed by atoms with Gasteiger partial charge in [0.05, 0.1) is 16.7 Å². The first-order valence-corrected chi connectivity index (χ1v) is 5.92. The smallest absolute Gasteiger partial charge is 0.262 e. The van der Waals surface area contributed by atoms with E-state index in [2.05, 4.69) is 55.0 Å². The minimum Gasteiger partial charge on any atom is -0.262 e. The van der Waals surface area contributed by atoms with E-state index in [0.29, 0.717) is 0 Å². The van der Waals surface area contributed by atoms with Gasteiger partial charge in [0.2, 0.25) is 0 Å². The van der Waals surface area contributed by atoms with Crippen molar-refractivity contribution in [2.75, 3.05) is 0 Å². The molecule has 0 fully saturated rings. The average molecular weight is 217 g/mol. The minimum atomic E-state index is 1.10. The molecule has 1 aromatic rings. The number of hydrogen-bond donors (Lipinski definition) is 0. The van der Waals surface area contributed by atoms with Crippen LogP contribution in [0, 0.1) is 13.0 Å². The van der Waals surface area contributed by atoms with Gasteiger partial charge in [-0.3, -0.25) is 4.57 Å². The molecule has 1 heterocycles. The number of rotatable bonds is 1. The summed E-state index contributed by atoms with van der Waals surface area (Å²) >= 11 is 1.72. The Morgan fingerprint density at radius 1 is 1.33 bits per heavy atom. The molecule has 0 atom stereocenters. The van der Waals surface area contributed by atoms with Crippen molar-refractivity contribution in [3.63, 3.8) is 0 Å². The van der Waals surface area contributed by atoms with Crippen LogP contribution in [-0.2, 0) is 0 Å². The summed E-state index contributed by atoms with van der Waals surface area (Å²) in [6.45, 7) is 10.5. The highest BCUT2D eigenvalue weighted by Crippen LogP contribution is 2.27. The Labute approximate surface area is 95.1 Å². The third-order valence-corrected chi connectivity index (χ3v) is 3.36. The molecule has 0 saturated heterocycles.